The van der Waals surface area contributed by atoms with Crippen LogP contribution in [0.1, 0.15) is 31.9 Å². The molecule has 174 valence electrons. The maximum absolute atomic E-state index is 13.1. The SMILES string of the molecule is CCc1ccccc1NC(=O)N(Cc1cccc(OS(=O)(=O)c2ccc(F)cc2)c1)C(C)C. The Labute approximate surface area is 194 Å². The molecule has 0 saturated heterocycles. The van der Waals surface area contributed by atoms with Crippen molar-refractivity contribution in [3.8, 4) is 5.75 Å². The van der Waals surface area contributed by atoms with Crippen molar-refractivity contribution in [2.75, 3.05) is 5.32 Å². The maximum Gasteiger partial charge on any atom is 0.339 e. The van der Waals surface area contributed by atoms with Gasteiger partial charge in [-0.05, 0) is 73.9 Å². The Morgan fingerprint density at radius 3 is 2.39 bits per heavy atom. The molecule has 0 aliphatic carbocycles. The van der Waals surface area contributed by atoms with Crippen LogP contribution in [0.15, 0.2) is 77.7 Å². The standard InChI is InChI=1S/C25H27FN2O4S/c1-4-20-9-5-6-11-24(20)27-25(29)28(18(2)3)17-19-8-7-10-22(16-19)32-33(30,31)23-14-12-21(26)13-15-23/h5-16,18H,4,17H2,1-3H3,(H,27,29). The normalized spacial score (nSPS) is 11.3. The number of anilines is 1. The number of carbonyl (C=O) groups is 1. The largest absolute Gasteiger partial charge is 0.379 e. The van der Waals surface area contributed by atoms with Gasteiger partial charge in [0.25, 0.3) is 0 Å². The van der Waals surface area contributed by atoms with Crippen LogP contribution in [0.3, 0.4) is 0 Å². The van der Waals surface area contributed by atoms with Crippen LogP contribution in [0.25, 0.3) is 0 Å². The topological polar surface area (TPSA) is 75.7 Å². The van der Waals surface area contributed by atoms with E-state index < -0.39 is 15.9 Å². The zero-order valence-electron chi connectivity index (χ0n) is 18.8. The smallest absolute Gasteiger partial charge is 0.339 e. The number of amides is 2. The van der Waals surface area contributed by atoms with Gasteiger partial charge in [0, 0.05) is 18.3 Å². The molecular weight excluding hydrogens is 443 g/mol. The van der Waals surface area contributed by atoms with Crippen LogP contribution in [0.5, 0.6) is 5.75 Å². The van der Waals surface area contributed by atoms with Gasteiger partial charge in [0.2, 0.25) is 0 Å². The molecule has 8 heteroatoms. The monoisotopic (exact) mass is 470 g/mol. The first-order chi connectivity index (χ1) is 15.7. The van der Waals surface area contributed by atoms with Crippen LogP contribution < -0.4 is 9.50 Å². The number of benzene rings is 3. The summed E-state index contributed by atoms with van der Waals surface area (Å²) in [6, 6.07) is 18.2. The van der Waals surface area contributed by atoms with E-state index in [2.05, 4.69) is 5.32 Å². The summed E-state index contributed by atoms with van der Waals surface area (Å²) in [6.45, 7) is 6.09. The Bertz CT molecular complexity index is 1210. The van der Waals surface area contributed by atoms with Crippen LogP contribution in [0.4, 0.5) is 14.9 Å². The molecule has 0 heterocycles. The predicted molar refractivity (Wildman–Crippen MR) is 126 cm³/mol. The highest BCUT2D eigenvalue weighted by atomic mass is 32.2. The molecule has 0 radical (unpaired) electrons. The summed E-state index contributed by atoms with van der Waals surface area (Å²) in [5, 5.41) is 2.97. The fourth-order valence-corrected chi connectivity index (χ4v) is 4.22. The molecule has 2 amide bonds. The molecule has 0 atom stereocenters. The van der Waals surface area contributed by atoms with Gasteiger partial charge in [-0.1, -0.05) is 37.3 Å². The summed E-state index contributed by atoms with van der Waals surface area (Å²) >= 11 is 0. The van der Waals surface area contributed by atoms with E-state index in [0.29, 0.717) is 5.56 Å². The van der Waals surface area contributed by atoms with Crippen LogP contribution in [-0.4, -0.2) is 25.4 Å². The Kier molecular flexibility index (Phi) is 7.71. The Balaban J connectivity index is 1.76. The summed E-state index contributed by atoms with van der Waals surface area (Å²) < 4.78 is 43.4. The first-order valence-corrected chi connectivity index (χ1v) is 12.0. The van der Waals surface area contributed by atoms with E-state index in [9.17, 15) is 17.6 Å². The molecule has 0 aromatic heterocycles. The van der Waals surface area contributed by atoms with E-state index in [-0.39, 0.29) is 29.3 Å². The van der Waals surface area contributed by atoms with Gasteiger partial charge in [-0.15, -0.1) is 0 Å². The van der Waals surface area contributed by atoms with Gasteiger partial charge in [-0.3, -0.25) is 0 Å². The number of urea groups is 1. The van der Waals surface area contributed by atoms with Gasteiger partial charge in [0.1, 0.15) is 16.5 Å². The van der Waals surface area contributed by atoms with Gasteiger partial charge >= 0.3 is 16.1 Å². The van der Waals surface area contributed by atoms with E-state index in [0.717, 1.165) is 41.9 Å². The van der Waals surface area contributed by atoms with Gasteiger partial charge in [-0.25, -0.2) is 9.18 Å². The molecule has 0 unspecified atom stereocenters. The molecular formula is C25H27FN2O4S. The third kappa shape index (κ3) is 6.32. The highest BCUT2D eigenvalue weighted by molar-refractivity contribution is 7.87. The molecule has 0 aliphatic rings. The van der Waals surface area contributed by atoms with E-state index in [1.807, 2.05) is 45.0 Å². The van der Waals surface area contributed by atoms with Crippen molar-refractivity contribution in [3.05, 3.63) is 89.7 Å². The molecule has 33 heavy (non-hydrogen) atoms. The number of carbonyl (C=O) groups excluding carboxylic acids is 1. The van der Waals surface area contributed by atoms with E-state index in [1.54, 1.807) is 23.1 Å². The first-order valence-electron chi connectivity index (χ1n) is 10.6. The highest BCUT2D eigenvalue weighted by Gasteiger charge is 2.20. The number of hydrogen-bond acceptors (Lipinski definition) is 4. The second-order valence-electron chi connectivity index (χ2n) is 7.80. The van der Waals surface area contributed by atoms with Gasteiger partial charge in [0.05, 0.1) is 0 Å². The average Bonchev–Trinajstić information content (AvgIpc) is 2.78. The number of halogens is 1. The molecule has 3 aromatic rings. The molecule has 1 N–H and O–H groups in total. The van der Waals surface area contributed by atoms with Crippen molar-refractivity contribution in [1.82, 2.24) is 4.90 Å². The van der Waals surface area contributed by atoms with Gasteiger partial charge < -0.3 is 14.4 Å². The van der Waals surface area contributed by atoms with E-state index in [4.69, 9.17) is 4.18 Å². The third-order valence-corrected chi connectivity index (χ3v) is 6.35. The molecule has 3 aromatic carbocycles. The number of aryl methyl sites for hydroxylation is 1. The number of hydrogen-bond donors (Lipinski definition) is 1. The lowest BCUT2D eigenvalue weighted by Gasteiger charge is -2.27. The van der Waals surface area contributed by atoms with Crippen LogP contribution in [0, 0.1) is 5.82 Å². The number of nitrogens with zero attached hydrogens (tertiary/aromatic N) is 1. The highest BCUT2D eigenvalue weighted by Crippen LogP contribution is 2.22. The predicted octanol–water partition coefficient (Wildman–Crippen LogP) is 5.60. The molecule has 0 saturated carbocycles. The van der Waals surface area contributed by atoms with Crippen LogP contribution in [-0.2, 0) is 23.1 Å². The van der Waals surface area contributed by atoms with Crippen molar-refractivity contribution < 1.29 is 21.8 Å². The second-order valence-corrected chi connectivity index (χ2v) is 9.35. The Morgan fingerprint density at radius 1 is 1.03 bits per heavy atom. The minimum absolute atomic E-state index is 0.105. The fraction of sp³-hybridized carbons (Fsp3) is 0.240. The summed E-state index contributed by atoms with van der Waals surface area (Å²) in [5.41, 5.74) is 2.50. The zero-order chi connectivity index (χ0) is 24.0. The minimum atomic E-state index is -4.12. The molecule has 6 nitrogen and oxygen atoms in total. The average molecular weight is 471 g/mol. The van der Waals surface area contributed by atoms with Crippen molar-refractivity contribution in [3.63, 3.8) is 0 Å². The van der Waals surface area contributed by atoms with Crippen LogP contribution >= 0.6 is 0 Å². The van der Waals surface area contributed by atoms with E-state index in [1.165, 1.54) is 6.07 Å². The lowest BCUT2D eigenvalue weighted by atomic mass is 10.1. The van der Waals surface area contributed by atoms with Crippen molar-refractivity contribution in [2.24, 2.45) is 0 Å². The fourth-order valence-electron chi connectivity index (χ4n) is 3.29. The van der Waals surface area contributed by atoms with Crippen molar-refractivity contribution >= 4 is 21.8 Å². The Morgan fingerprint density at radius 2 is 1.73 bits per heavy atom. The second kappa shape index (κ2) is 10.5. The number of nitrogens with one attached hydrogen (secondary N) is 1. The van der Waals surface area contributed by atoms with Crippen molar-refractivity contribution in [1.29, 1.82) is 0 Å². The lowest BCUT2D eigenvalue weighted by Crippen LogP contribution is -2.39. The molecule has 3 rings (SSSR count). The maximum atomic E-state index is 13.1. The first kappa shape index (κ1) is 24.3. The van der Waals surface area contributed by atoms with Crippen molar-refractivity contribution in [2.45, 2.75) is 44.7 Å². The molecule has 0 bridgehead atoms. The van der Waals surface area contributed by atoms with Gasteiger partial charge in [-0.2, -0.15) is 8.42 Å². The zero-order valence-corrected chi connectivity index (χ0v) is 19.6. The summed E-state index contributed by atoms with van der Waals surface area (Å²) in [5.74, 6) is -0.429. The molecule has 0 spiro atoms. The van der Waals surface area contributed by atoms with E-state index >= 15 is 0 Å². The lowest BCUT2D eigenvalue weighted by molar-refractivity contribution is 0.193. The van der Waals surface area contributed by atoms with Crippen LogP contribution in [0.2, 0.25) is 0 Å². The summed E-state index contributed by atoms with van der Waals surface area (Å²) in [4.78, 5) is 14.5. The quantitative estimate of drug-likeness (QED) is 0.435. The molecule has 0 fully saturated rings. The summed E-state index contributed by atoms with van der Waals surface area (Å²) in [6.07, 6.45) is 0.792. The summed E-state index contributed by atoms with van der Waals surface area (Å²) in [7, 11) is -4.12. The number of para-hydroxylation sites is 1. The Hall–Kier alpha value is -3.39. The third-order valence-electron chi connectivity index (χ3n) is 5.08. The number of rotatable bonds is 8. The minimum Gasteiger partial charge on any atom is -0.379 e. The molecule has 0 aliphatic heterocycles. The van der Waals surface area contributed by atoms with Gasteiger partial charge in [0.15, 0.2) is 0 Å².